The van der Waals surface area contributed by atoms with Gasteiger partial charge in [0, 0.05) is 17.6 Å². The minimum atomic E-state index is -4.32. The van der Waals surface area contributed by atoms with Gasteiger partial charge in [0.1, 0.15) is 11.6 Å². The molecular formula is C16H13ClN4O4S. The highest BCUT2D eigenvalue weighted by Gasteiger charge is 2.12. The number of nitriles is 1. The Balaban J connectivity index is 2.12. The van der Waals surface area contributed by atoms with Gasteiger partial charge in [-0.05, 0) is 42.5 Å². The summed E-state index contributed by atoms with van der Waals surface area (Å²) in [5.74, 6) is -0.717. The van der Waals surface area contributed by atoms with Gasteiger partial charge in [-0.25, -0.2) is 0 Å². The number of hydrogen-bond acceptors (Lipinski definition) is 6. The van der Waals surface area contributed by atoms with Crippen LogP contribution in [0.15, 0.2) is 59.1 Å². The van der Waals surface area contributed by atoms with Crippen LogP contribution < -0.4 is 16.4 Å². The number of nitrogens with two attached hydrogens (primary N) is 1. The summed E-state index contributed by atoms with van der Waals surface area (Å²) in [5.41, 5.74) is 6.52. The topological polar surface area (TPSA) is 145 Å². The highest BCUT2D eigenvalue weighted by Crippen LogP contribution is 2.24. The average molecular weight is 393 g/mol. The number of benzene rings is 2. The summed E-state index contributed by atoms with van der Waals surface area (Å²) in [6.45, 7) is 0. The predicted octanol–water partition coefficient (Wildman–Crippen LogP) is 2.63. The molecule has 0 saturated heterocycles. The summed E-state index contributed by atoms with van der Waals surface area (Å²) in [6, 6.07) is 11.2. The van der Waals surface area contributed by atoms with Gasteiger partial charge in [0.15, 0.2) is 0 Å². The summed E-state index contributed by atoms with van der Waals surface area (Å²) >= 11 is 5.99. The Labute approximate surface area is 154 Å². The first-order valence-corrected chi connectivity index (χ1v) is 8.83. The number of anilines is 3. The molecule has 0 aromatic heterocycles. The molecule has 5 N–H and O–H groups in total. The molecule has 134 valence electrons. The molecule has 0 heterocycles. The number of nitrogens with one attached hydrogen (secondary N) is 2. The van der Waals surface area contributed by atoms with E-state index >= 15 is 0 Å². The monoisotopic (exact) mass is 392 g/mol. The van der Waals surface area contributed by atoms with Crippen LogP contribution in [-0.4, -0.2) is 18.9 Å². The highest BCUT2D eigenvalue weighted by molar-refractivity contribution is 7.85. The Bertz CT molecular complexity index is 1010. The third-order valence-corrected chi connectivity index (χ3v) is 4.32. The average Bonchev–Trinajstić information content (AvgIpc) is 2.56. The Morgan fingerprint density at radius 3 is 2.42 bits per heavy atom. The van der Waals surface area contributed by atoms with Crippen LogP contribution in [0, 0.1) is 11.3 Å². The molecule has 0 radical (unpaired) electrons. The zero-order chi connectivity index (χ0) is 19.3. The maximum atomic E-state index is 12.1. The standard InChI is InChI=1S/C16H13ClN4O4S/c17-14-7-11(19)1-6-15(14)20-9-10(8-18)16(22)21-12-2-4-13(5-3-12)26(23,24)25/h1-7,9,20H,19H2,(H,21,22)(H,23,24,25)/b10-9-. The van der Waals surface area contributed by atoms with Crippen LogP contribution in [0.2, 0.25) is 5.02 Å². The van der Waals surface area contributed by atoms with Gasteiger partial charge in [-0.3, -0.25) is 9.35 Å². The fourth-order valence-electron chi connectivity index (χ4n) is 1.86. The van der Waals surface area contributed by atoms with Gasteiger partial charge in [0.25, 0.3) is 16.0 Å². The lowest BCUT2D eigenvalue weighted by Crippen LogP contribution is -2.14. The molecule has 2 rings (SSSR count). The van der Waals surface area contributed by atoms with Crippen molar-refractivity contribution in [1.82, 2.24) is 0 Å². The van der Waals surface area contributed by atoms with Gasteiger partial charge >= 0.3 is 0 Å². The van der Waals surface area contributed by atoms with Gasteiger partial charge in [0.2, 0.25) is 0 Å². The lowest BCUT2D eigenvalue weighted by molar-refractivity contribution is -0.112. The van der Waals surface area contributed by atoms with Crippen LogP contribution in [0.3, 0.4) is 0 Å². The zero-order valence-corrected chi connectivity index (χ0v) is 14.7. The molecule has 0 aliphatic carbocycles. The molecule has 0 aliphatic rings. The third kappa shape index (κ3) is 4.97. The van der Waals surface area contributed by atoms with E-state index in [2.05, 4.69) is 10.6 Å². The van der Waals surface area contributed by atoms with E-state index in [4.69, 9.17) is 27.1 Å². The van der Waals surface area contributed by atoms with Crippen LogP contribution in [0.4, 0.5) is 17.1 Å². The van der Waals surface area contributed by atoms with Gasteiger partial charge in [-0.15, -0.1) is 0 Å². The molecule has 2 aromatic rings. The molecule has 0 spiro atoms. The lowest BCUT2D eigenvalue weighted by atomic mass is 10.2. The molecule has 2 aromatic carbocycles. The summed E-state index contributed by atoms with van der Waals surface area (Å²) in [7, 11) is -4.32. The van der Waals surface area contributed by atoms with Gasteiger partial charge < -0.3 is 16.4 Å². The maximum absolute atomic E-state index is 12.1. The van der Waals surface area contributed by atoms with Crippen molar-refractivity contribution in [2.24, 2.45) is 0 Å². The van der Waals surface area contributed by atoms with E-state index in [9.17, 15) is 13.2 Å². The smallest absolute Gasteiger partial charge is 0.294 e. The summed E-state index contributed by atoms with van der Waals surface area (Å²) in [4.78, 5) is 11.8. The van der Waals surface area contributed by atoms with Gasteiger partial charge in [-0.2, -0.15) is 13.7 Å². The Hall–Kier alpha value is -3.06. The van der Waals surface area contributed by atoms with Crippen molar-refractivity contribution in [3.05, 3.63) is 59.3 Å². The van der Waals surface area contributed by atoms with Crippen LogP contribution in [-0.2, 0) is 14.9 Å². The molecule has 10 heteroatoms. The van der Waals surface area contributed by atoms with Gasteiger partial charge in [0.05, 0.1) is 15.6 Å². The second-order valence-electron chi connectivity index (χ2n) is 5.01. The Kier molecular flexibility index (Phi) is 5.84. The number of rotatable bonds is 5. The number of nitrogen functional groups attached to an aromatic ring is 1. The molecule has 8 nitrogen and oxygen atoms in total. The molecule has 0 fully saturated rings. The van der Waals surface area contributed by atoms with Crippen molar-refractivity contribution < 1.29 is 17.8 Å². The number of nitrogens with zero attached hydrogens (tertiary/aromatic N) is 1. The largest absolute Gasteiger partial charge is 0.399 e. The van der Waals surface area contributed by atoms with E-state index in [-0.39, 0.29) is 16.2 Å². The van der Waals surface area contributed by atoms with Gasteiger partial charge in [-0.1, -0.05) is 11.6 Å². The number of amides is 1. The fraction of sp³-hybridized carbons (Fsp3) is 0. The van der Waals surface area contributed by atoms with Crippen molar-refractivity contribution in [3.63, 3.8) is 0 Å². The number of hydrogen-bond donors (Lipinski definition) is 4. The molecule has 0 saturated carbocycles. The predicted molar refractivity (Wildman–Crippen MR) is 98.1 cm³/mol. The Morgan fingerprint density at radius 2 is 1.88 bits per heavy atom. The second-order valence-corrected chi connectivity index (χ2v) is 6.84. The van der Waals surface area contributed by atoms with E-state index < -0.39 is 16.0 Å². The van der Waals surface area contributed by atoms with E-state index in [1.54, 1.807) is 18.2 Å². The number of halogens is 1. The van der Waals surface area contributed by atoms with Crippen LogP contribution in [0.25, 0.3) is 0 Å². The number of carbonyl (C=O) groups is 1. The maximum Gasteiger partial charge on any atom is 0.294 e. The normalized spacial score (nSPS) is 11.5. The molecule has 0 aliphatic heterocycles. The quantitative estimate of drug-likeness (QED) is 0.265. The molecule has 26 heavy (non-hydrogen) atoms. The molecule has 0 unspecified atom stereocenters. The SMILES string of the molecule is N#C/C(=C/Nc1ccc(N)cc1Cl)C(=O)Nc1ccc(S(=O)(=O)O)cc1. The van der Waals surface area contributed by atoms with Crippen molar-refractivity contribution >= 4 is 44.7 Å². The minimum absolute atomic E-state index is 0.239. The van der Waals surface area contributed by atoms with Crippen molar-refractivity contribution in [2.75, 3.05) is 16.4 Å². The van der Waals surface area contributed by atoms with E-state index in [0.29, 0.717) is 16.4 Å². The summed E-state index contributed by atoms with van der Waals surface area (Å²) in [5, 5.41) is 14.6. The molecule has 0 bridgehead atoms. The third-order valence-electron chi connectivity index (χ3n) is 3.14. The van der Waals surface area contributed by atoms with Crippen LogP contribution in [0.5, 0.6) is 0 Å². The lowest BCUT2D eigenvalue weighted by Gasteiger charge is -2.07. The van der Waals surface area contributed by atoms with E-state index in [1.165, 1.54) is 24.4 Å². The summed E-state index contributed by atoms with van der Waals surface area (Å²) in [6.07, 6.45) is 1.18. The zero-order valence-electron chi connectivity index (χ0n) is 13.1. The number of carbonyl (C=O) groups excluding carboxylic acids is 1. The second kappa shape index (κ2) is 7.88. The first kappa shape index (κ1) is 19.3. The van der Waals surface area contributed by atoms with Crippen LogP contribution in [0.1, 0.15) is 0 Å². The van der Waals surface area contributed by atoms with Crippen molar-refractivity contribution in [3.8, 4) is 6.07 Å². The van der Waals surface area contributed by atoms with E-state index in [0.717, 1.165) is 12.1 Å². The molecule has 1 amide bonds. The van der Waals surface area contributed by atoms with Crippen molar-refractivity contribution in [2.45, 2.75) is 4.90 Å². The van der Waals surface area contributed by atoms with Crippen molar-refractivity contribution in [1.29, 1.82) is 5.26 Å². The van der Waals surface area contributed by atoms with Crippen LogP contribution >= 0.6 is 11.6 Å². The fourth-order valence-corrected chi connectivity index (χ4v) is 2.58. The first-order chi connectivity index (χ1) is 12.2. The minimum Gasteiger partial charge on any atom is -0.399 e. The van der Waals surface area contributed by atoms with E-state index in [1.807, 2.05) is 0 Å². The first-order valence-electron chi connectivity index (χ1n) is 7.01. The Morgan fingerprint density at radius 1 is 1.23 bits per heavy atom. The summed E-state index contributed by atoms with van der Waals surface area (Å²) < 4.78 is 30.9. The highest BCUT2D eigenvalue weighted by atomic mass is 35.5. The molecule has 0 atom stereocenters. The molecular weight excluding hydrogens is 380 g/mol.